The van der Waals surface area contributed by atoms with Crippen LogP contribution in [-0.4, -0.2) is 17.6 Å². The molecule has 2 aromatic carbocycles. The first kappa shape index (κ1) is 15.0. The largest absolute Gasteiger partial charge is 0.483 e. The van der Waals surface area contributed by atoms with Gasteiger partial charge in [-0.3, -0.25) is 4.79 Å². The van der Waals surface area contributed by atoms with Crippen LogP contribution in [0.4, 0.5) is 10.1 Å². The summed E-state index contributed by atoms with van der Waals surface area (Å²) in [6.45, 7) is 1.46. The number of halogens is 1. The van der Waals surface area contributed by atoms with Gasteiger partial charge in [0.15, 0.2) is 6.61 Å². The van der Waals surface area contributed by atoms with Gasteiger partial charge in [-0.1, -0.05) is 29.8 Å². The maximum atomic E-state index is 13.4. The molecule has 2 aromatic rings. The first-order chi connectivity index (χ1) is 10.1. The highest BCUT2D eigenvalue weighted by Gasteiger charge is 2.09. The monoisotopic (exact) mass is 289 g/mol. The van der Waals surface area contributed by atoms with Crippen molar-refractivity contribution in [1.29, 1.82) is 0 Å². The Labute approximate surface area is 122 Å². The van der Waals surface area contributed by atoms with Gasteiger partial charge in [0.05, 0.1) is 12.3 Å². The number of para-hydroxylation sites is 1. The van der Waals surface area contributed by atoms with E-state index in [0.717, 1.165) is 5.56 Å². The number of carbonyl (C=O) groups excluding carboxylic acids is 1. The number of anilines is 1. The van der Waals surface area contributed by atoms with Gasteiger partial charge < -0.3 is 15.2 Å². The molecule has 0 saturated heterocycles. The quantitative estimate of drug-likeness (QED) is 0.889. The third-order valence-corrected chi connectivity index (χ3v) is 2.89. The standard InChI is InChI=1S/C16H16FNO3/c1-11-6-7-15(12(8-11)9-19)21-10-16(20)18-14-5-3-2-4-13(14)17/h2-8,19H,9-10H2,1H3,(H,18,20). The number of rotatable bonds is 5. The molecule has 0 atom stereocenters. The minimum atomic E-state index is -0.503. The Hall–Kier alpha value is -2.40. The van der Waals surface area contributed by atoms with Gasteiger partial charge in [0, 0.05) is 5.56 Å². The SMILES string of the molecule is Cc1ccc(OCC(=O)Nc2ccccc2F)c(CO)c1. The summed E-state index contributed by atoms with van der Waals surface area (Å²) < 4.78 is 18.8. The molecule has 0 heterocycles. The van der Waals surface area contributed by atoms with Crippen LogP contribution in [0.2, 0.25) is 0 Å². The molecule has 0 aliphatic rings. The summed E-state index contributed by atoms with van der Waals surface area (Å²) >= 11 is 0. The minimum Gasteiger partial charge on any atom is -0.483 e. The van der Waals surface area contributed by atoms with E-state index in [1.807, 2.05) is 13.0 Å². The van der Waals surface area contributed by atoms with Crippen molar-refractivity contribution in [3.8, 4) is 5.75 Å². The van der Waals surface area contributed by atoms with Crippen molar-refractivity contribution in [2.24, 2.45) is 0 Å². The summed E-state index contributed by atoms with van der Waals surface area (Å²) in [4.78, 5) is 11.7. The van der Waals surface area contributed by atoms with Crippen molar-refractivity contribution in [2.45, 2.75) is 13.5 Å². The van der Waals surface area contributed by atoms with E-state index in [2.05, 4.69) is 5.32 Å². The molecule has 0 aliphatic heterocycles. The lowest BCUT2D eigenvalue weighted by atomic mass is 10.1. The van der Waals surface area contributed by atoms with Crippen LogP contribution in [0.15, 0.2) is 42.5 Å². The number of hydrogen-bond acceptors (Lipinski definition) is 3. The van der Waals surface area contributed by atoms with E-state index in [4.69, 9.17) is 4.74 Å². The van der Waals surface area contributed by atoms with Crippen molar-refractivity contribution in [3.05, 3.63) is 59.4 Å². The molecule has 0 unspecified atom stereocenters. The second-order valence-corrected chi connectivity index (χ2v) is 4.59. The Balaban J connectivity index is 1.97. The Morgan fingerprint density at radius 3 is 2.76 bits per heavy atom. The van der Waals surface area contributed by atoms with Crippen LogP contribution in [-0.2, 0) is 11.4 Å². The number of hydrogen-bond donors (Lipinski definition) is 2. The van der Waals surface area contributed by atoms with E-state index < -0.39 is 11.7 Å². The average Bonchev–Trinajstić information content (AvgIpc) is 2.48. The number of benzene rings is 2. The highest BCUT2D eigenvalue weighted by molar-refractivity contribution is 5.91. The predicted octanol–water partition coefficient (Wildman–Crippen LogP) is 2.64. The molecule has 1 amide bonds. The molecule has 21 heavy (non-hydrogen) atoms. The van der Waals surface area contributed by atoms with Crippen molar-refractivity contribution >= 4 is 11.6 Å². The molecule has 5 heteroatoms. The van der Waals surface area contributed by atoms with Gasteiger partial charge in [-0.05, 0) is 25.1 Å². The molecule has 0 fully saturated rings. The van der Waals surface area contributed by atoms with Gasteiger partial charge in [0.2, 0.25) is 0 Å². The van der Waals surface area contributed by atoms with Gasteiger partial charge >= 0.3 is 0 Å². The van der Waals surface area contributed by atoms with Crippen LogP contribution in [0.3, 0.4) is 0 Å². The summed E-state index contributed by atoms with van der Waals surface area (Å²) in [7, 11) is 0. The molecular formula is C16H16FNO3. The molecule has 110 valence electrons. The van der Waals surface area contributed by atoms with Gasteiger partial charge in [0.25, 0.3) is 5.91 Å². The second-order valence-electron chi connectivity index (χ2n) is 4.59. The van der Waals surface area contributed by atoms with Gasteiger partial charge in [0.1, 0.15) is 11.6 Å². The summed E-state index contributed by atoms with van der Waals surface area (Å²) in [6.07, 6.45) is 0. The Morgan fingerprint density at radius 2 is 2.05 bits per heavy atom. The summed E-state index contributed by atoms with van der Waals surface area (Å²) in [5.41, 5.74) is 1.70. The normalized spacial score (nSPS) is 10.2. The molecule has 0 bridgehead atoms. The Kier molecular flexibility index (Phi) is 4.90. The molecule has 0 aliphatic carbocycles. The highest BCUT2D eigenvalue weighted by Crippen LogP contribution is 2.20. The molecule has 0 radical (unpaired) electrons. The summed E-state index contributed by atoms with van der Waals surface area (Å²) in [5, 5.41) is 11.7. The van der Waals surface area contributed by atoms with Crippen LogP contribution >= 0.6 is 0 Å². The number of aliphatic hydroxyl groups excluding tert-OH is 1. The number of carbonyl (C=O) groups is 1. The first-order valence-electron chi connectivity index (χ1n) is 6.47. The van der Waals surface area contributed by atoms with Crippen molar-refractivity contribution in [1.82, 2.24) is 0 Å². The van der Waals surface area contributed by atoms with Crippen molar-refractivity contribution in [3.63, 3.8) is 0 Å². The fourth-order valence-electron chi connectivity index (χ4n) is 1.86. The molecule has 4 nitrogen and oxygen atoms in total. The number of amides is 1. The Morgan fingerprint density at radius 1 is 1.29 bits per heavy atom. The maximum absolute atomic E-state index is 13.4. The molecule has 0 aromatic heterocycles. The maximum Gasteiger partial charge on any atom is 0.262 e. The molecular weight excluding hydrogens is 273 g/mol. The van der Waals surface area contributed by atoms with Crippen LogP contribution in [0.5, 0.6) is 5.75 Å². The number of ether oxygens (including phenoxy) is 1. The third kappa shape index (κ3) is 4.03. The highest BCUT2D eigenvalue weighted by atomic mass is 19.1. The van der Waals surface area contributed by atoms with Crippen LogP contribution in [0.1, 0.15) is 11.1 Å². The average molecular weight is 289 g/mol. The Bertz CT molecular complexity index is 643. The van der Waals surface area contributed by atoms with Crippen molar-refractivity contribution < 1.29 is 19.0 Å². The zero-order valence-electron chi connectivity index (χ0n) is 11.6. The van der Waals surface area contributed by atoms with Crippen LogP contribution in [0.25, 0.3) is 0 Å². The fourth-order valence-corrected chi connectivity index (χ4v) is 1.86. The smallest absolute Gasteiger partial charge is 0.262 e. The van der Waals surface area contributed by atoms with Gasteiger partial charge in [-0.15, -0.1) is 0 Å². The first-order valence-corrected chi connectivity index (χ1v) is 6.47. The van der Waals surface area contributed by atoms with E-state index in [-0.39, 0.29) is 18.9 Å². The van der Waals surface area contributed by atoms with E-state index in [0.29, 0.717) is 11.3 Å². The van der Waals surface area contributed by atoms with E-state index in [1.165, 1.54) is 12.1 Å². The zero-order valence-corrected chi connectivity index (χ0v) is 11.6. The minimum absolute atomic E-state index is 0.109. The molecule has 0 spiro atoms. The molecule has 0 saturated carbocycles. The lowest BCUT2D eigenvalue weighted by Crippen LogP contribution is -2.21. The third-order valence-electron chi connectivity index (χ3n) is 2.89. The fraction of sp³-hybridized carbons (Fsp3) is 0.188. The van der Waals surface area contributed by atoms with E-state index in [1.54, 1.807) is 24.3 Å². The predicted molar refractivity (Wildman–Crippen MR) is 77.6 cm³/mol. The topological polar surface area (TPSA) is 58.6 Å². The van der Waals surface area contributed by atoms with E-state index in [9.17, 15) is 14.3 Å². The number of aliphatic hydroxyl groups is 1. The zero-order chi connectivity index (χ0) is 15.2. The molecule has 2 rings (SSSR count). The van der Waals surface area contributed by atoms with Crippen LogP contribution < -0.4 is 10.1 Å². The van der Waals surface area contributed by atoms with Gasteiger partial charge in [-0.25, -0.2) is 4.39 Å². The van der Waals surface area contributed by atoms with E-state index >= 15 is 0 Å². The van der Waals surface area contributed by atoms with Gasteiger partial charge in [-0.2, -0.15) is 0 Å². The summed E-state index contributed by atoms with van der Waals surface area (Å²) in [6, 6.07) is 11.2. The number of aryl methyl sites for hydroxylation is 1. The van der Waals surface area contributed by atoms with Crippen LogP contribution in [0, 0.1) is 12.7 Å². The molecule has 2 N–H and O–H groups in total. The second kappa shape index (κ2) is 6.85. The lowest BCUT2D eigenvalue weighted by molar-refractivity contribution is -0.118. The van der Waals surface area contributed by atoms with Crippen molar-refractivity contribution in [2.75, 3.05) is 11.9 Å². The summed E-state index contributed by atoms with van der Waals surface area (Å²) in [5.74, 6) is -0.534. The lowest BCUT2D eigenvalue weighted by Gasteiger charge is -2.11. The number of nitrogens with one attached hydrogen (secondary N) is 1.